The fourth-order valence-electron chi connectivity index (χ4n) is 2.91. The number of hydrogen-bond acceptors (Lipinski definition) is 7. The van der Waals surface area contributed by atoms with Crippen LogP contribution in [0.2, 0.25) is 0 Å². The van der Waals surface area contributed by atoms with Crippen molar-refractivity contribution in [2.24, 2.45) is 0 Å². The van der Waals surface area contributed by atoms with Crippen molar-refractivity contribution in [1.82, 2.24) is 0 Å². The molecule has 0 saturated carbocycles. The monoisotopic (exact) mass is 364 g/mol. The summed E-state index contributed by atoms with van der Waals surface area (Å²) >= 11 is 0. The summed E-state index contributed by atoms with van der Waals surface area (Å²) < 4.78 is 11.1. The van der Waals surface area contributed by atoms with E-state index in [4.69, 9.17) is 14.6 Å². The molecule has 148 valence electrons. The van der Waals surface area contributed by atoms with Crippen LogP contribution in [0.25, 0.3) is 0 Å². The van der Waals surface area contributed by atoms with Gasteiger partial charge in [0.2, 0.25) is 0 Å². The van der Waals surface area contributed by atoms with Crippen LogP contribution in [0, 0.1) is 0 Å². The number of carbonyl (C=O) groups is 1. The van der Waals surface area contributed by atoms with Gasteiger partial charge in [-0.2, -0.15) is 0 Å². The summed E-state index contributed by atoms with van der Waals surface area (Å²) in [6, 6.07) is 0. The number of unbranched alkanes of at least 4 members (excludes halogenated alkanes) is 1. The van der Waals surface area contributed by atoms with E-state index >= 15 is 0 Å². The predicted molar refractivity (Wildman–Crippen MR) is 88.9 cm³/mol. The zero-order chi connectivity index (χ0) is 19.0. The standard InChI is InChI=1S/C17H32O8/c1-10(24-17-15(21)9-14(20)11(2)25-17)7-12(18)5-3-4-6-13(19)8-16(22)23/h10-15,17-21H,3-9H2,1-2H3,(H,22,23)/t10-,11?,12?,13?,14?,15?,17-/m1/s1. The Morgan fingerprint density at radius 2 is 1.76 bits per heavy atom. The molecule has 25 heavy (non-hydrogen) atoms. The molecule has 0 radical (unpaired) electrons. The van der Waals surface area contributed by atoms with Crippen LogP contribution in [-0.2, 0) is 14.3 Å². The molecule has 0 aromatic heterocycles. The third kappa shape index (κ3) is 8.94. The number of aliphatic hydroxyl groups excluding tert-OH is 4. The SMILES string of the molecule is CC1O[C@@H](O[C@H](C)CC(O)CCCCC(O)CC(=O)O)C(O)CC1O. The number of hydrogen-bond donors (Lipinski definition) is 5. The Hall–Kier alpha value is -0.770. The minimum atomic E-state index is -1.02. The summed E-state index contributed by atoms with van der Waals surface area (Å²) in [4.78, 5) is 10.4. The summed E-state index contributed by atoms with van der Waals surface area (Å²) in [5.41, 5.74) is 0. The molecule has 8 heteroatoms. The topological polar surface area (TPSA) is 137 Å². The Balaban J connectivity index is 2.19. The Morgan fingerprint density at radius 1 is 1.16 bits per heavy atom. The van der Waals surface area contributed by atoms with E-state index < -0.39 is 42.8 Å². The zero-order valence-corrected chi connectivity index (χ0v) is 15.0. The molecule has 1 aliphatic rings. The second kappa shape index (κ2) is 11.1. The zero-order valence-electron chi connectivity index (χ0n) is 15.0. The van der Waals surface area contributed by atoms with Crippen molar-refractivity contribution in [2.45, 2.75) is 102 Å². The fraction of sp³-hybridized carbons (Fsp3) is 0.941. The van der Waals surface area contributed by atoms with Crippen LogP contribution in [-0.4, -0.2) is 74.4 Å². The Labute approximate surface area is 148 Å². The van der Waals surface area contributed by atoms with Crippen LogP contribution < -0.4 is 0 Å². The van der Waals surface area contributed by atoms with Crippen LogP contribution in [0.4, 0.5) is 0 Å². The first-order valence-electron chi connectivity index (χ1n) is 8.94. The molecule has 1 aliphatic heterocycles. The molecule has 8 nitrogen and oxygen atoms in total. The average Bonchev–Trinajstić information content (AvgIpc) is 2.48. The van der Waals surface area contributed by atoms with Gasteiger partial charge in [-0.25, -0.2) is 0 Å². The van der Waals surface area contributed by atoms with E-state index in [0.717, 1.165) is 0 Å². The van der Waals surface area contributed by atoms with Crippen molar-refractivity contribution >= 4 is 5.97 Å². The molecule has 0 aromatic rings. The predicted octanol–water partition coefficient (Wildman–Crippen LogP) is 0.395. The maximum absolute atomic E-state index is 10.4. The maximum atomic E-state index is 10.4. The van der Waals surface area contributed by atoms with Gasteiger partial charge in [0.05, 0.1) is 36.9 Å². The number of aliphatic hydroxyl groups is 4. The van der Waals surface area contributed by atoms with Gasteiger partial charge in [-0.15, -0.1) is 0 Å². The highest BCUT2D eigenvalue weighted by Crippen LogP contribution is 2.23. The minimum Gasteiger partial charge on any atom is -0.481 e. The minimum absolute atomic E-state index is 0.194. The molecule has 1 saturated heterocycles. The first-order chi connectivity index (χ1) is 11.7. The fourth-order valence-corrected chi connectivity index (χ4v) is 2.91. The van der Waals surface area contributed by atoms with Gasteiger partial charge in [0, 0.05) is 6.42 Å². The highest BCUT2D eigenvalue weighted by atomic mass is 16.7. The molecule has 1 rings (SSSR count). The molecule has 5 N–H and O–H groups in total. The van der Waals surface area contributed by atoms with E-state index in [1.807, 2.05) is 0 Å². The second-order valence-corrected chi connectivity index (χ2v) is 6.95. The highest BCUT2D eigenvalue weighted by molar-refractivity contribution is 5.67. The highest BCUT2D eigenvalue weighted by Gasteiger charge is 2.35. The van der Waals surface area contributed by atoms with E-state index in [2.05, 4.69) is 0 Å². The van der Waals surface area contributed by atoms with Crippen molar-refractivity contribution in [3.05, 3.63) is 0 Å². The first-order valence-corrected chi connectivity index (χ1v) is 8.94. The van der Waals surface area contributed by atoms with Crippen LogP contribution in [0.3, 0.4) is 0 Å². The lowest BCUT2D eigenvalue weighted by atomic mass is 10.0. The van der Waals surface area contributed by atoms with Gasteiger partial charge in [0.15, 0.2) is 6.29 Å². The van der Waals surface area contributed by atoms with Gasteiger partial charge in [-0.05, 0) is 33.1 Å². The normalized spacial score (nSPS) is 30.6. The number of ether oxygens (including phenoxy) is 2. The smallest absolute Gasteiger partial charge is 0.305 e. The summed E-state index contributed by atoms with van der Waals surface area (Å²) in [7, 11) is 0. The molecule has 5 unspecified atom stereocenters. The van der Waals surface area contributed by atoms with E-state index in [0.29, 0.717) is 32.1 Å². The van der Waals surface area contributed by atoms with Crippen LogP contribution in [0.1, 0.15) is 58.8 Å². The molecule has 0 aliphatic carbocycles. The molecule has 7 atom stereocenters. The molecule has 1 heterocycles. The third-order valence-corrected chi connectivity index (χ3v) is 4.39. The lowest BCUT2D eigenvalue weighted by Crippen LogP contribution is -2.48. The summed E-state index contributed by atoms with van der Waals surface area (Å²) in [6.45, 7) is 3.50. The van der Waals surface area contributed by atoms with Crippen LogP contribution in [0.15, 0.2) is 0 Å². The van der Waals surface area contributed by atoms with Gasteiger partial charge in [-0.3, -0.25) is 4.79 Å². The quantitative estimate of drug-likeness (QED) is 0.332. The molecule has 0 spiro atoms. The molecule has 1 fully saturated rings. The Morgan fingerprint density at radius 3 is 2.36 bits per heavy atom. The summed E-state index contributed by atoms with van der Waals surface area (Å²) in [5.74, 6) is -1.02. The Kier molecular flexibility index (Phi) is 9.84. The van der Waals surface area contributed by atoms with E-state index in [1.165, 1.54) is 0 Å². The molecule has 0 bridgehead atoms. The van der Waals surface area contributed by atoms with E-state index in [1.54, 1.807) is 13.8 Å². The van der Waals surface area contributed by atoms with Gasteiger partial charge >= 0.3 is 5.97 Å². The number of aliphatic carboxylic acids is 1. The summed E-state index contributed by atoms with van der Waals surface area (Å²) in [6.07, 6.45) is -2.06. The van der Waals surface area contributed by atoms with Crippen molar-refractivity contribution in [3.8, 4) is 0 Å². The van der Waals surface area contributed by atoms with Crippen LogP contribution in [0.5, 0.6) is 0 Å². The largest absolute Gasteiger partial charge is 0.481 e. The molecule has 0 aromatic carbocycles. The molecule has 0 amide bonds. The number of carboxylic acids is 1. The van der Waals surface area contributed by atoms with Gasteiger partial charge in [-0.1, -0.05) is 12.8 Å². The van der Waals surface area contributed by atoms with Gasteiger partial charge in [0.1, 0.15) is 6.10 Å². The first kappa shape index (κ1) is 22.3. The van der Waals surface area contributed by atoms with Crippen molar-refractivity contribution in [2.75, 3.05) is 0 Å². The van der Waals surface area contributed by atoms with E-state index in [9.17, 15) is 25.2 Å². The summed E-state index contributed by atoms with van der Waals surface area (Å²) in [5, 5.41) is 47.6. The lowest BCUT2D eigenvalue weighted by molar-refractivity contribution is -0.275. The van der Waals surface area contributed by atoms with Crippen molar-refractivity contribution in [3.63, 3.8) is 0 Å². The lowest BCUT2D eigenvalue weighted by Gasteiger charge is -2.36. The van der Waals surface area contributed by atoms with Crippen LogP contribution >= 0.6 is 0 Å². The molecular formula is C17H32O8. The maximum Gasteiger partial charge on any atom is 0.305 e. The number of rotatable bonds is 11. The number of carboxylic acid groups (broad SMARTS) is 1. The van der Waals surface area contributed by atoms with Crippen molar-refractivity contribution < 1.29 is 39.8 Å². The van der Waals surface area contributed by atoms with E-state index in [-0.39, 0.29) is 18.9 Å². The molecular weight excluding hydrogens is 332 g/mol. The average molecular weight is 364 g/mol. The second-order valence-electron chi connectivity index (χ2n) is 6.95. The van der Waals surface area contributed by atoms with Gasteiger partial charge < -0.3 is 35.0 Å². The van der Waals surface area contributed by atoms with Gasteiger partial charge in [0.25, 0.3) is 0 Å². The van der Waals surface area contributed by atoms with Crippen molar-refractivity contribution in [1.29, 1.82) is 0 Å². The third-order valence-electron chi connectivity index (χ3n) is 4.39. The Bertz CT molecular complexity index is 391.